The molecule has 2 aromatic rings. The highest BCUT2D eigenvalue weighted by molar-refractivity contribution is 5.39. The van der Waals surface area contributed by atoms with Gasteiger partial charge in [-0.2, -0.15) is 0 Å². The summed E-state index contributed by atoms with van der Waals surface area (Å²) in [6.45, 7) is 9.94. The van der Waals surface area contributed by atoms with Gasteiger partial charge in [0.25, 0.3) is 0 Å². The van der Waals surface area contributed by atoms with Crippen molar-refractivity contribution in [3.63, 3.8) is 0 Å². The summed E-state index contributed by atoms with van der Waals surface area (Å²) in [6, 6.07) is 13.9. The van der Waals surface area contributed by atoms with Crippen LogP contribution < -0.4 is 4.74 Å². The Kier molecular flexibility index (Phi) is 6.61. The Balaban J connectivity index is 2.07. The van der Waals surface area contributed by atoms with E-state index in [-0.39, 0.29) is 0 Å². The fraction of sp³-hybridized carbons (Fsp3) is 0.136. The van der Waals surface area contributed by atoms with E-state index in [2.05, 4.69) is 30.0 Å². The molecule has 0 saturated heterocycles. The highest BCUT2D eigenvalue weighted by Gasteiger charge is 2.01. The number of pyridine rings is 1. The molecule has 0 atom stereocenters. The van der Waals surface area contributed by atoms with Crippen molar-refractivity contribution in [2.45, 2.75) is 20.0 Å². The maximum atomic E-state index is 5.76. The third-order valence-corrected chi connectivity index (χ3v) is 3.39. The smallest absolute Gasteiger partial charge is 0.214 e. The Morgan fingerprint density at radius 3 is 2.67 bits per heavy atom. The van der Waals surface area contributed by atoms with Crippen LogP contribution in [0.3, 0.4) is 0 Å². The maximum Gasteiger partial charge on any atom is 0.214 e. The Morgan fingerprint density at radius 1 is 1.17 bits per heavy atom. The zero-order chi connectivity index (χ0) is 17.2. The number of aromatic nitrogens is 1. The molecule has 0 aliphatic heterocycles. The minimum absolute atomic E-state index is 0.493. The van der Waals surface area contributed by atoms with Crippen LogP contribution in [0, 0.1) is 18.8 Å². The predicted molar refractivity (Wildman–Crippen MR) is 99.7 cm³/mol. The van der Waals surface area contributed by atoms with Gasteiger partial charge < -0.3 is 4.74 Å². The second-order valence-electron chi connectivity index (χ2n) is 5.25. The molecule has 120 valence electrons. The zero-order valence-corrected chi connectivity index (χ0v) is 14.0. The molecule has 1 aromatic heterocycles. The van der Waals surface area contributed by atoms with Gasteiger partial charge in [-0.1, -0.05) is 73.7 Å². The van der Waals surface area contributed by atoms with E-state index >= 15 is 0 Å². The standard InChI is InChI=1S/C22H21NO/c1-4-10-19(5-2)13-9-14-21-18(3)15-16-22(23-21)24-17-20-11-7-6-8-12-20/h4-8,10-12,15-16H,1-2,13,17H2,3H3/b19-10+. The minimum Gasteiger partial charge on any atom is -0.473 e. The molecular weight excluding hydrogens is 294 g/mol. The Morgan fingerprint density at radius 2 is 1.96 bits per heavy atom. The van der Waals surface area contributed by atoms with E-state index in [9.17, 15) is 0 Å². The molecule has 0 saturated carbocycles. The topological polar surface area (TPSA) is 22.1 Å². The van der Waals surface area contributed by atoms with Crippen LogP contribution in [0.5, 0.6) is 5.88 Å². The van der Waals surface area contributed by atoms with Crippen molar-refractivity contribution in [3.8, 4) is 17.7 Å². The monoisotopic (exact) mass is 315 g/mol. The molecule has 0 N–H and O–H groups in total. The largest absolute Gasteiger partial charge is 0.473 e. The van der Waals surface area contributed by atoms with Gasteiger partial charge in [0.15, 0.2) is 0 Å². The third kappa shape index (κ3) is 5.30. The highest BCUT2D eigenvalue weighted by Crippen LogP contribution is 2.14. The van der Waals surface area contributed by atoms with Gasteiger partial charge >= 0.3 is 0 Å². The van der Waals surface area contributed by atoms with Crippen molar-refractivity contribution < 1.29 is 4.74 Å². The van der Waals surface area contributed by atoms with Crippen LogP contribution in [-0.2, 0) is 6.61 Å². The number of allylic oxidation sites excluding steroid dienone is 4. The quantitative estimate of drug-likeness (QED) is 0.552. The zero-order valence-electron chi connectivity index (χ0n) is 14.0. The summed E-state index contributed by atoms with van der Waals surface area (Å²) in [4.78, 5) is 4.49. The van der Waals surface area contributed by atoms with Crippen molar-refractivity contribution in [1.29, 1.82) is 0 Å². The normalized spacial score (nSPS) is 10.5. The predicted octanol–water partition coefficient (Wildman–Crippen LogP) is 5.01. The lowest BCUT2D eigenvalue weighted by Crippen LogP contribution is -1.99. The summed E-state index contributed by atoms with van der Waals surface area (Å²) >= 11 is 0. The molecule has 0 bridgehead atoms. The number of aryl methyl sites for hydroxylation is 1. The molecule has 0 spiro atoms. The van der Waals surface area contributed by atoms with E-state index < -0.39 is 0 Å². The molecule has 0 fully saturated rings. The summed E-state index contributed by atoms with van der Waals surface area (Å²) in [5.41, 5.74) is 3.91. The summed E-state index contributed by atoms with van der Waals surface area (Å²) < 4.78 is 5.76. The lowest BCUT2D eigenvalue weighted by molar-refractivity contribution is 0.293. The SMILES string of the molecule is C=C/C=C(\C=C)CC#Cc1nc(OCc2ccccc2)ccc1C. The van der Waals surface area contributed by atoms with E-state index in [1.54, 1.807) is 12.2 Å². The fourth-order valence-corrected chi connectivity index (χ4v) is 2.03. The van der Waals surface area contributed by atoms with E-state index in [4.69, 9.17) is 4.74 Å². The van der Waals surface area contributed by atoms with Crippen molar-refractivity contribution in [1.82, 2.24) is 4.98 Å². The Hall–Kier alpha value is -3.05. The fourth-order valence-electron chi connectivity index (χ4n) is 2.03. The van der Waals surface area contributed by atoms with E-state index in [1.165, 1.54) is 0 Å². The number of nitrogens with zero attached hydrogens (tertiary/aromatic N) is 1. The van der Waals surface area contributed by atoms with E-state index in [0.29, 0.717) is 18.9 Å². The van der Waals surface area contributed by atoms with Crippen LogP contribution >= 0.6 is 0 Å². The first-order chi connectivity index (χ1) is 11.7. The molecule has 24 heavy (non-hydrogen) atoms. The van der Waals surface area contributed by atoms with E-state index in [0.717, 1.165) is 22.4 Å². The lowest BCUT2D eigenvalue weighted by Gasteiger charge is -2.06. The summed E-state index contributed by atoms with van der Waals surface area (Å²) in [6.07, 6.45) is 6.05. The summed E-state index contributed by atoms with van der Waals surface area (Å²) in [5, 5.41) is 0. The molecule has 1 aromatic carbocycles. The van der Waals surface area contributed by atoms with Gasteiger partial charge in [0.2, 0.25) is 5.88 Å². The molecule has 0 unspecified atom stereocenters. The van der Waals surface area contributed by atoms with Gasteiger partial charge in [0, 0.05) is 12.5 Å². The average Bonchev–Trinajstić information content (AvgIpc) is 2.62. The van der Waals surface area contributed by atoms with Crippen LogP contribution in [0.1, 0.15) is 23.2 Å². The molecule has 2 rings (SSSR count). The average molecular weight is 315 g/mol. The number of ether oxygens (including phenoxy) is 1. The summed E-state index contributed by atoms with van der Waals surface area (Å²) in [5.74, 6) is 6.82. The maximum absolute atomic E-state index is 5.76. The first-order valence-corrected chi connectivity index (χ1v) is 7.80. The van der Waals surface area contributed by atoms with Gasteiger partial charge in [-0.25, -0.2) is 4.98 Å². The molecule has 1 heterocycles. The molecule has 0 radical (unpaired) electrons. The first kappa shape index (κ1) is 17.3. The van der Waals surface area contributed by atoms with Crippen LogP contribution in [0.2, 0.25) is 0 Å². The van der Waals surface area contributed by atoms with Gasteiger partial charge in [0.05, 0.1) is 0 Å². The van der Waals surface area contributed by atoms with E-state index in [1.807, 2.05) is 55.5 Å². The summed E-state index contributed by atoms with van der Waals surface area (Å²) in [7, 11) is 0. The minimum atomic E-state index is 0.493. The molecule has 2 heteroatoms. The number of rotatable bonds is 6. The van der Waals surface area contributed by atoms with Crippen LogP contribution in [-0.4, -0.2) is 4.98 Å². The molecule has 0 amide bonds. The van der Waals surface area contributed by atoms with Gasteiger partial charge in [-0.3, -0.25) is 0 Å². The highest BCUT2D eigenvalue weighted by atomic mass is 16.5. The van der Waals surface area contributed by atoms with Gasteiger partial charge in [-0.15, -0.1) is 0 Å². The molecule has 0 aliphatic rings. The van der Waals surface area contributed by atoms with Crippen LogP contribution in [0.25, 0.3) is 0 Å². The first-order valence-electron chi connectivity index (χ1n) is 7.80. The molecule has 2 nitrogen and oxygen atoms in total. The lowest BCUT2D eigenvalue weighted by atomic mass is 10.1. The van der Waals surface area contributed by atoms with Crippen LogP contribution in [0.4, 0.5) is 0 Å². The Labute approximate surface area is 144 Å². The number of hydrogen-bond acceptors (Lipinski definition) is 2. The second-order valence-corrected chi connectivity index (χ2v) is 5.25. The number of benzene rings is 1. The van der Waals surface area contributed by atoms with Crippen LogP contribution in [0.15, 0.2) is 79.4 Å². The van der Waals surface area contributed by atoms with Crippen molar-refractivity contribution in [2.75, 3.05) is 0 Å². The van der Waals surface area contributed by atoms with Crippen molar-refractivity contribution in [2.24, 2.45) is 0 Å². The number of hydrogen-bond donors (Lipinski definition) is 0. The van der Waals surface area contributed by atoms with Gasteiger partial charge in [-0.05, 0) is 29.5 Å². The molecule has 0 aliphatic carbocycles. The second kappa shape index (κ2) is 9.17. The van der Waals surface area contributed by atoms with Crippen molar-refractivity contribution in [3.05, 3.63) is 96.2 Å². The van der Waals surface area contributed by atoms with Gasteiger partial charge in [0.1, 0.15) is 12.3 Å². The van der Waals surface area contributed by atoms with Crippen molar-refractivity contribution >= 4 is 0 Å². The molecular formula is C22H21NO. The Bertz CT molecular complexity index is 792. The third-order valence-electron chi connectivity index (χ3n) is 3.39.